The third kappa shape index (κ3) is 3.41. The Hall–Kier alpha value is -3.56. The molecule has 0 unspecified atom stereocenters. The summed E-state index contributed by atoms with van der Waals surface area (Å²) >= 11 is 0. The maximum absolute atomic E-state index is 13.0. The summed E-state index contributed by atoms with van der Waals surface area (Å²) in [6, 6.07) is 1.64. The van der Waals surface area contributed by atoms with E-state index in [0.717, 1.165) is 23.4 Å². The minimum Gasteiger partial charge on any atom is -0.344 e. The normalized spacial score (nSPS) is 12.3. The molecule has 10 heteroatoms. The highest BCUT2D eigenvalue weighted by Gasteiger charge is 2.15. The lowest BCUT2D eigenvalue weighted by atomic mass is 10.3. The Morgan fingerprint density at radius 1 is 1.11 bits per heavy atom. The number of aryl methyl sites for hydroxylation is 2. The molecule has 0 saturated carbocycles. The van der Waals surface area contributed by atoms with Crippen molar-refractivity contribution < 1.29 is 4.39 Å². The summed E-state index contributed by atoms with van der Waals surface area (Å²) in [6.07, 6.45) is 7.75. The van der Waals surface area contributed by atoms with Gasteiger partial charge in [-0.25, -0.2) is 19.3 Å². The van der Waals surface area contributed by atoms with Crippen molar-refractivity contribution in [2.24, 2.45) is 14.1 Å². The molecule has 0 aliphatic heterocycles. The van der Waals surface area contributed by atoms with Crippen molar-refractivity contribution in [3.63, 3.8) is 0 Å². The Balaban J connectivity index is 1.68. The first-order chi connectivity index (χ1) is 13.0. The second-order valence-corrected chi connectivity index (χ2v) is 6.23. The van der Waals surface area contributed by atoms with Gasteiger partial charge >= 0.3 is 0 Å². The molecule has 4 aromatic rings. The number of aromatic nitrogens is 7. The molecule has 0 amide bonds. The third-order valence-electron chi connectivity index (χ3n) is 4.05. The zero-order valence-corrected chi connectivity index (χ0v) is 15.0. The van der Waals surface area contributed by atoms with Crippen LogP contribution in [0.1, 0.15) is 18.8 Å². The van der Waals surface area contributed by atoms with Gasteiger partial charge in [0.1, 0.15) is 23.1 Å². The van der Waals surface area contributed by atoms with Crippen molar-refractivity contribution >= 4 is 28.6 Å². The predicted octanol–water partition coefficient (Wildman–Crippen LogP) is 2.55. The quantitative estimate of drug-likeness (QED) is 0.559. The highest BCUT2D eigenvalue weighted by atomic mass is 19.1. The number of nitrogens with zero attached hydrogens (tertiary/aromatic N) is 7. The lowest BCUT2D eigenvalue weighted by Gasteiger charge is -2.14. The summed E-state index contributed by atoms with van der Waals surface area (Å²) in [4.78, 5) is 21.4. The third-order valence-corrected chi connectivity index (χ3v) is 4.05. The van der Waals surface area contributed by atoms with Gasteiger partial charge in [-0.05, 0) is 13.0 Å². The zero-order chi connectivity index (χ0) is 19.0. The summed E-state index contributed by atoms with van der Waals surface area (Å²) in [5.74, 6) is 1.69. The SMILES string of the molecule is C[C@H](Nc1nc(Nc2cn(C)cn2)c2ccn(C)c2n1)c1ncc(F)cn1. The van der Waals surface area contributed by atoms with E-state index in [9.17, 15) is 4.39 Å². The minimum atomic E-state index is -0.478. The van der Waals surface area contributed by atoms with Gasteiger partial charge in [0, 0.05) is 26.5 Å². The van der Waals surface area contributed by atoms with Crippen LogP contribution < -0.4 is 10.6 Å². The number of hydrogen-bond acceptors (Lipinski definition) is 7. The number of nitrogens with one attached hydrogen (secondary N) is 2. The van der Waals surface area contributed by atoms with Gasteiger partial charge in [-0.15, -0.1) is 0 Å². The van der Waals surface area contributed by atoms with Crippen LogP contribution in [0.3, 0.4) is 0 Å². The van der Waals surface area contributed by atoms with Crippen LogP contribution in [0.2, 0.25) is 0 Å². The zero-order valence-electron chi connectivity index (χ0n) is 15.0. The molecule has 2 N–H and O–H groups in total. The van der Waals surface area contributed by atoms with E-state index in [1.165, 1.54) is 0 Å². The summed E-state index contributed by atoms with van der Waals surface area (Å²) in [5.41, 5.74) is 0.762. The molecule has 0 aliphatic rings. The number of fused-ring (bicyclic) bond motifs is 1. The van der Waals surface area contributed by atoms with Crippen LogP contribution in [0.5, 0.6) is 0 Å². The molecule has 0 fully saturated rings. The van der Waals surface area contributed by atoms with E-state index in [-0.39, 0.29) is 6.04 Å². The van der Waals surface area contributed by atoms with Crippen molar-refractivity contribution in [3.05, 3.63) is 48.8 Å². The molecular formula is C17H18FN9. The number of halogens is 1. The summed E-state index contributed by atoms with van der Waals surface area (Å²) in [5, 5.41) is 7.27. The first-order valence-corrected chi connectivity index (χ1v) is 8.31. The maximum Gasteiger partial charge on any atom is 0.227 e. The van der Waals surface area contributed by atoms with Crippen LogP contribution in [0, 0.1) is 5.82 Å². The van der Waals surface area contributed by atoms with Crippen LogP contribution in [-0.2, 0) is 14.1 Å². The molecular weight excluding hydrogens is 349 g/mol. The van der Waals surface area contributed by atoms with Gasteiger partial charge in [0.15, 0.2) is 5.82 Å². The predicted molar refractivity (Wildman–Crippen MR) is 99.0 cm³/mol. The largest absolute Gasteiger partial charge is 0.344 e. The van der Waals surface area contributed by atoms with E-state index >= 15 is 0 Å². The van der Waals surface area contributed by atoms with Crippen LogP contribution in [0.15, 0.2) is 37.2 Å². The van der Waals surface area contributed by atoms with E-state index in [0.29, 0.717) is 23.4 Å². The first-order valence-electron chi connectivity index (χ1n) is 8.31. The molecule has 4 rings (SSSR count). The Bertz CT molecular complexity index is 1080. The average molecular weight is 367 g/mol. The van der Waals surface area contributed by atoms with Gasteiger partial charge in [-0.1, -0.05) is 0 Å². The lowest BCUT2D eigenvalue weighted by Crippen LogP contribution is -2.13. The van der Waals surface area contributed by atoms with Crippen molar-refractivity contribution in [1.82, 2.24) is 34.1 Å². The average Bonchev–Trinajstić information content (AvgIpc) is 3.22. The highest BCUT2D eigenvalue weighted by Crippen LogP contribution is 2.26. The molecule has 0 saturated heterocycles. The second kappa shape index (κ2) is 6.63. The molecule has 9 nitrogen and oxygen atoms in total. The second-order valence-electron chi connectivity index (χ2n) is 6.23. The number of rotatable bonds is 5. The van der Waals surface area contributed by atoms with Gasteiger partial charge < -0.3 is 19.8 Å². The molecule has 4 aromatic heterocycles. The molecule has 0 bridgehead atoms. The fourth-order valence-electron chi connectivity index (χ4n) is 2.70. The van der Waals surface area contributed by atoms with Crippen molar-refractivity contribution in [2.45, 2.75) is 13.0 Å². The van der Waals surface area contributed by atoms with E-state index in [1.807, 2.05) is 48.6 Å². The fourth-order valence-corrected chi connectivity index (χ4v) is 2.70. The molecule has 0 aromatic carbocycles. The maximum atomic E-state index is 13.0. The van der Waals surface area contributed by atoms with Crippen LogP contribution in [-0.4, -0.2) is 34.1 Å². The Kier molecular flexibility index (Phi) is 4.15. The Labute approximate surface area is 154 Å². The van der Waals surface area contributed by atoms with E-state index in [1.54, 1.807) is 6.33 Å². The number of imidazole rings is 1. The molecule has 138 valence electrons. The summed E-state index contributed by atoms with van der Waals surface area (Å²) < 4.78 is 16.8. The molecule has 1 atom stereocenters. The summed E-state index contributed by atoms with van der Waals surface area (Å²) in [6.45, 7) is 1.86. The van der Waals surface area contributed by atoms with Gasteiger partial charge in [-0.3, -0.25) is 0 Å². The monoisotopic (exact) mass is 367 g/mol. The Morgan fingerprint density at radius 2 is 1.89 bits per heavy atom. The van der Waals surface area contributed by atoms with Gasteiger partial charge in [-0.2, -0.15) is 9.97 Å². The fraction of sp³-hybridized carbons (Fsp3) is 0.235. The molecule has 0 radical (unpaired) electrons. The van der Waals surface area contributed by atoms with Crippen LogP contribution in [0.25, 0.3) is 11.0 Å². The topological polar surface area (TPSA) is 98.4 Å². The number of anilines is 3. The first kappa shape index (κ1) is 16.9. The van der Waals surface area contributed by atoms with E-state index < -0.39 is 5.82 Å². The minimum absolute atomic E-state index is 0.300. The van der Waals surface area contributed by atoms with Gasteiger partial charge in [0.25, 0.3) is 0 Å². The smallest absolute Gasteiger partial charge is 0.227 e. The van der Waals surface area contributed by atoms with Crippen LogP contribution in [0.4, 0.5) is 22.0 Å². The Morgan fingerprint density at radius 3 is 2.59 bits per heavy atom. The number of hydrogen-bond donors (Lipinski definition) is 2. The van der Waals surface area contributed by atoms with Gasteiger partial charge in [0.05, 0.1) is 30.1 Å². The molecule has 4 heterocycles. The van der Waals surface area contributed by atoms with Gasteiger partial charge in [0.2, 0.25) is 5.95 Å². The van der Waals surface area contributed by atoms with Crippen LogP contribution >= 0.6 is 0 Å². The van der Waals surface area contributed by atoms with E-state index in [2.05, 4.69) is 35.6 Å². The molecule has 0 spiro atoms. The van der Waals surface area contributed by atoms with E-state index in [4.69, 9.17) is 0 Å². The van der Waals surface area contributed by atoms with Crippen molar-refractivity contribution in [2.75, 3.05) is 10.6 Å². The van der Waals surface area contributed by atoms with Crippen molar-refractivity contribution in [3.8, 4) is 0 Å². The standard InChI is InChI=1S/C17H18FN9/c1-10(14-19-6-11(18)7-20-14)22-17-24-15(23-13-8-26(2)9-21-13)12-4-5-27(3)16(12)25-17/h4-10H,1-3H3,(H2,22,23,24,25)/t10-/m0/s1. The molecule has 0 aliphatic carbocycles. The highest BCUT2D eigenvalue weighted by molar-refractivity contribution is 5.90. The summed E-state index contributed by atoms with van der Waals surface area (Å²) in [7, 11) is 3.81. The molecule has 27 heavy (non-hydrogen) atoms. The lowest BCUT2D eigenvalue weighted by molar-refractivity contribution is 0.604. The van der Waals surface area contributed by atoms with Crippen molar-refractivity contribution in [1.29, 1.82) is 0 Å².